The third-order valence-electron chi connectivity index (χ3n) is 3.50. The number of carboxylic acids is 1. The van der Waals surface area contributed by atoms with Gasteiger partial charge in [0.2, 0.25) is 5.75 Å². The molecule has 21 heavy (non-hydrogen) atoms. The van der Waals surface area contributed by atoms with Crippen molar-refractivity contribution in [1.29, 1.82) is 0 Å². The lowest BCUT2D eigenvalue weighted by Gasteiger charge is -2.17. The first-order valence-electron chi connectivity index (χ1n) is 6.44. The fraction of sp³-hybridized carbons (Fsp3) is 0.467. The third-order valence-corrected chi connectivity index (χ3v) is 3.50. The molecule has 1 aromatic carbocycles. The lowest BCUT2D eigenvalue weighted by molar-refractivity contribution is -0.142. The molecule has 1 aromatic rings. The molecule has 0 bridgehead atoms. The summed E-state index contributed by atoms with van der Waals surface area (Å²) in [5, 5.41) is 9.01. The second-order valence-corrected chi connectivity index (χ2v) is 4.69. The van der Waals surface area contributed by atoms with Gasteiger partial charge in [0.15, 0.2) is 17.3 Å². The number of Topliss-reactive ketones (excluding diaryl/α,β-unsaturated/α-hetero) is 1. The van der Waals surface area contributed by atoms with Crippen LogP contribution in [-0.4, -0.2) is 38.2 Å². The normalized spacial score (nSPS) is 13.2. The van der Waals surface area contributed by atoms with E-state index in [1.54, 1.807) is 6.92 Å². The van der Waals surface area contributed by atoms with Crippen LogP contribution in [0.4, 0.5) is 0 Å². The van der Waals surface area contributed by atoms with Gasteiger partial charge in [0.25, 0.3) is 0 Å². The van der Waals surface area contributed by atoms with Crippen LogP contribution in [0.25, 0.3) is 0 Å². The van der Waals surface area contributed by atoms with E-state index in [0.717, 1.165) is 0 Å². The largest absolute Gasteiger partial charge is 0.493 e. The molecule has 6 heteroatoms. The molecule has 0 heterocycles. The molecule has 0 amide bonds. The average molecular weight is 296 g/mol. The van der Waals surface area contributed by atoms with E-state index in [1.165, 1.54) is 40.4 Å². The van der Waals surface area contributed by atoms with E-state index in [1.807, 2.05) is 0 Å². The number of carbonyl (C=O) groups is 2. The first-order chi connectivity index (χ1) is 9.87. The van der Waals surface area contributed by atoms with Crippen molar-refractivity contribution >= 4 is 11.8 Å². The second kappa shape index (κ2) is 6.97. The number of carboxylic acid groups (broad SMARTS) is 1. The molecule has 0 saturated carbocycles. The standard InChI is InChI=1S/C15H20O6/c1-8(9(2)15(17)18)13(16)10-6-11(19-3)14(21-5)12(7-10)20-4/h6-9H,1-5H3,(H,17,18)/t8-,9+/m0/s1. The smallest absolute Gasteiger partial charge is 0.306 e. The van der Waals surface area contributed by atoms with Crippen LogP contribution in [0.5, 0.6) is 17.2 Å². The second-order valence-electron chi connectivity index (χ2n) is 4.69. The highest BCUT2D eigenvalue weighted by atomic mass is 16.5. The van der Waals surface area contributed by atoms with Gasteiger partial charge in [-0.15, -0.1) is 0 Å². The van der Waals surface area contributed by atoms with Crippen molar-refractivity contribution in [1.82, 2.24) is 0 Å². The highest BCUT2D eigenvalue weighted by molar-refractivity contribution is 6.00. The number of benzene rings is 1. The summed E-state index contributed by atoms with van der Waals surface area (Å²) in [6.45, 7) is 3.09. The zero-order valence-electron chi connectivity index (χ0n) is 12.8. The Morgan fingerprint density at radius 2 is 1.43 bits per heavy atom. The average Bonchev–Trinajstić information content (AvgIpc) is 2.50. The summed E-state index contributed by atoms with van der Waals surface area (Å²) in [5.41, 5.74) is 0.324. The number of hydrogen-bond acceptors (Lipinski definition) is 5. The number of ether oxygens (including phenoxy) is 3. The maximum atomic E-state index is 12.4. The molecule has 0 spiro atoms. The van der Waals surface area contributed by atoms with E-state index in [9.17, 15) is 9.59 Å². The summed E-state index contributed by atoms with van der Waals surface area (Å²) < 4.78 is 15.6. The van der Waals surface area contributed by atoms with Crippen LogP contribution < -0.4 is 14.2 Å². The highest BCUT2D eigenvalue weighted by Gasteiger charge is 2.28. The maximum absolute atomic E-state index is 12.4. The zero-order chi connectivity index (χ0) is 16.2. The van der Waals surface area contributed by atoms with Crippen molar-refractivity contribution in [3.63, 3.8) is 0 Å². The topological polar surface area (TPSA) is 82.1 Å². The summed E-state index contributed by atoms with van der Waals surface area (Å²) in [5.74, 6) is -1.64. The summed E-state index contributed by atoms with van der Waals surface area (Å²) in [7, 11) is 4.38. The Morgan fingerprint density at radius 3 is 1.76 bits per heavy atom. The fourth-order valence-electron chi connectivity index (χ4n) is 1.93. The van der Waals surface area contributed by atoms with Crippen LogP contribution in [-0.2, 0) is 4.79 Å². The van der Waals surface area contributed by atoms with E-state index < -0.39 is 17.8 Å². The monoisotopic (exact) mass is 296 g/mol. The Kier molecular flexibility index (Phi) is 5.58. The Labute approximate surface area is 123 Å². The van der Waals surface area contributed by atoms with Gasteiger partial charge in [-0.1, -0.05) is 13.8 Å². The minimum absolute atomic E-state index is 0.288. The van der Waals surface area contributed by atoms with Crippen LogP contribution in [0.1, 0.15) is 24.2 Å². The number of rotatable bonds is 7. The van der Waals surface area contributed by atoms with Gasteiger partial charge in [0.05, 0.1) is 27.2 Å². The summed E-state index contributed by atoms with van der Waals surface area (Å²) in [4.78, 5) is 23.4. The zero-order valence-corrected chi connectivity index (χ0v) is 12.8. The molecule has 116 valence electrons. The van der Waals surface area contributed by atoms with Crippen molar-refractivity contribution in [2.45, 2.75) is 13.8 Å². The first kappa shape index (κ1) is 16.8. The van der Waals surface area contributed by atoms with Crippen molar-refractivity contribution in [2.75, 3.05) is 21.3 Å². The van der Waals surface area contributed by atoms with Gasteiger partial charge in [-0.05, 0) is 12.1 Å². The van der Waals surface area contributed by atoms with Crippen molar-refractivity contribution in [3.8, 4) is 17.2 Å². The molecule has 6 nitrogen and oxygen atoms in total. The molecular weight excluding hydrogens is 276 g/mol. The van der Waals surface area contributed by atoms with Crippen LogP contribution in [0, 0.1) is 11.8 Å². The SMILES string of the molecule is COc1cc(C(=O)[C@@H](C)[C@@H](C)C(=O)O)cc(OC)c1OC. The van der Waals surface area contributed by atoms with E-state index in [-0.39, 0.29) is 5.78 Å². The number of carbonyl (C=O) groups excluding carboxylic acids is 1. The molecular formula is C15H20O6. The van der Waals surface area contributed by atoms with Gasteiger partial charge >= 0.3 is 5.97 Å². The van der Waals surface area contributed by atoms with E-state index in [0.29, 0.717) is 22.8 Å². The molecule has 1 rings (SSSR count). The van der Waals surface area contributed by atoms with Crippen molar-refractivity contribution < 1.29 is 28.9 Å². The lowest BCUT2D eigenvalue weighted by atomic mass is 9.88. The van der Waals surface area contributed by atoms with Crippen molar-refractivity contribution in [3.05, 3.63) is 17.7 Å². The molecule has 0 aliphatic carbocycles. The summed E-state index contributed by atoms with van der Waals surface area (Å²) >= 11 is 0. The van der Waals surface area contributed by atoms with Gasteiger partial charge in [-0.2, -0.15) is 0 Å². The van der Waals surface area contributed by atoms with Gasteiger partial charge in [0.1, 0.15) is 0 Å². The summed E-state index contributed by atoms with van der Waals surface area (Å²) in [6, 6.07) is 3.05. The number of aliphatic carboxylic acids is 1. The minimum atomic E-state index is -1.01. The molecule has 1 N–H and O–H groups in total. The molecule has 0 aliphatic rings. The molecule has 0 fully saturated rings. The number of hydrogen-bond donors (Lipinski definition) is 1. The number of methoxy groups -OCH3 is 3. The predicted molar refractivity (Wildman–Crippen MR) is 76.4 cm³/mol. The van der Waals surface area contributed by atoms with Crippen LogP contribution in [0.15, 0.2) is 12.1 Å². The lowest BCUT2D eigenvalue weighted by Crippen LogP contribution is -2.25. The first-order valence-corrected chi connectivity index (χ1v) is 6.44. The summed E-state index contributed by atoms with van der Waals surface area (Å²) in [6.07, 6.45) is 0. The van der Waals surface area contributed by atoms with E-state index >= 15 is 0 Å². The third kappa shape index (κ3) is 3.45. The molecule has 0 unspecified atom stereocenters. The molecule has 0 aliphatic heterocycles. The van der Waals surface area contributed by atoms with Crippen LogP contribution >= 0.6 is 0 Å². The maximum Gasteiger partial charge on any atom is 0.306 e. The highest BCUT2D eigenvalue weighted by Crippen LogP contribution is 2.39. The van der Waals surface area contributed by atoms with E-state index in [4.69, 9.17) is 19.3 Å². The Hall–Kier alpha value is -2.24. The Morgan fingerprint density at radius 1 is 0.952 bits per heavy atom. The molecule has 0 radical (unpaired) electrons. The Balaban J connectivity index is 3.24. The van der Waals surface area contributed by atoms with Gasteiger partial charge < -0.3 is 19.3 Å². The fourth-order valence-corrected chi connectivity index (χ4v) is 1.93. The van der Waals surface area contributed by atoms with E-state index in [2.05, 4.69) is 0 Å². The molecule has 0 saturated heterocycles. The quantitative estimate of drug-likeness (QED) is 0.777. The van der Waals surface area contributed by atoms with Gasteiger partial charge in [0, 0.05) is 11.5 Å². The predicted octanol–water partition coefficient (Wildman–Crippen LogP) is 2.25. The minimum Gasteiger partial charge on any atom is -0.493 e. The van der Waals surface area contributed by atoms with Gasteiger partial charge in [-0.25, -0.2) is 0 Å². The molecule has 2 atom stereocenters. The van der Waals surface area contributed by atoms with Crippen molar-refractivity contribution in [2.24, 2.45) is 11.8 Å². The molecule has 0 aromatic heterocycles. The number of ketones is 1. The van der Waals surface area contributed by atoms with Gasteiger partial charge in [-0.3, -0.25) is 9.59 Å². The van der Waals surface area contributed by atoms with Crippen LogP contribution in [0.3, 0.4) is 0 Å². The Bertz CT molecular complexity index is 512. The van der Waals surface area contributed by atoms with Crippen LogP contribution in [0.2, 0.25) is 0 Å².